The van der Waals surface area contributed by atoms with Crippen molar-refractivity contribution >= 4 is 22.8 Å². The summed E-state index contributed by atoms with van der Waals surface area (Å²) in [5, 5.41) is 18.6. The molecule has 0 aliphatic rings. The first-order valence-electron chi connectivity index (χ1n) is 6.93. The van der Waals surface area contributed by atoms with Gasteiger partial charge in [-0.3, -0.25) is 9.59 Å². The Balaban J connectivity index is 2.36. The highest BCUT2D eigenvalue weighted by Gasteiger charge is 2.39. The monoisotopic (exact) mass is 344 g/mol. The van der Waals surface area contributed by atoms with Crippen LogP contribution in [0.25, 0.3) is 10.9 Å². The highest BCUT2D eigenvalue weighted by molar-refractivity contribution is 6.02. The number of hydrogen-bond acceptors (Lipinski definition) is 3. The summed E-state index contributed by atoms with van der Waals surface area (Å²) in [6.07, 6.45) is -7.99. The number of hydrogen-bond donors (Lipinski definition) is 3. The predicted molar refractivity (Wildman–Crippen MR) is 78.7 cm³/mol. The molecule has 0 spiro atoms. The Morgan fingerprint density at radius 3 is 2.50 bits per heavy atom. The van der Waals surface area contributed by atoms with Crippen LogP contribution in [-0.4, -0.2) is 57.8 Å². The van der Waals surface area contributed by atoms with Crippen LogP contribution in [0.2, 0.25) is 0 Å². The quantitative estimate of drug-likeness (QED) is 0.771. The molecule has 9 heteroatoms. The number of carboxylic acids is 1. The minimum atomic E-state index is -4.85. The minimum absolute atomic E-state index is 0.101. The number of para-hydroxylation sites is 1. The van der Waals surface area contributed by atoms with Gasteiger partial charge in [0.2, 0.25) is 0 Å². The molecule has 0 bridgehead atoms. The maximum absolute atomic E-state index is 12.4. The molecule has 0 fully saturated rings. The van der Waals surface area contributed by atoms with E-state index in [0.717, 1.165) is 7.05 Å². The van der Waals surface area contributed by atoms with Gasteiger partial charge < -0.3 is 20.1 Å². The van der Waals surface area contributed by atoms with Crippen molar-refractivity contribution in [3.05, 3.63) is 35.5 Å². The molecule has 1 amide bonds. The number of halogens is 3. The lowest BCUT2D eigenvalue weighted by atomic mass is 10.1. The molecule has 1 unspecified atom stereocenters. The summed E-state index contributed by atoms with van der Waals surface area (Å²) in [5.74, 6) is -2.00. The number of aliphatic carboxylic acids is 1. The normalized spacial score (nSPS) is 13.0. The Labute approximate surface area is 134 Å². The molecule has 2 rings (SSSR count). The molecule has 130 valence electrons. The zero-order valence-electron chi connectivity index (χ0n) is 12.6. The van der Waals surface area contributed by atoms with E-state index in [2.05, 4.69) is 4.98 Å². The topological polar surface area (TPSA) is 93.6 Å². The molecule has 0 saturated carbocycles. The number of carboxylic acid groups (broad SMARTS) is 1. The van der Waals surface area contributed by atoms with Crippen LogP contribution in [0.4, 0.5) is 13.2 Å². The van der Waals surface area contributed by atoms with Crippen LogP contribution in [-0.2, 0) is 11.2 Å². The SMILES string of the molecule is CN(CC(O)C(F)(F)F)C(=O)c1[nH]c2ccccc2c1CC(=O)O. The number of aliphatic hydroxyl groups is 1. The van der Waals surface area contributed by atoms with E-state index in [9.17, 15) is 22.8 Å². The van der Waals surface area contributed by atoms with Gasteiger partial charge in [0.15, 0.2) is 6.10 Å². The van der Waals surface area contributed by atoms with Gasteiger partial charge in [0.25, 0.3) is 5.91 Å². The van der Waals surface area contributed by atoms with Gasteiger partial charge in [0.05, 0.1) is 13.0 Å². The van der Waals surface area contributed by atoms with Crippen molar-refractivity contribution < 1.29 is 33.0 Å². The number of fused-ring (bicyclic) bond motifs is 1. The van der Waals surface area contributed by atoms with Crippen LogP contribution in [0.3, 0.4) is 0 Å². The number of amides is 1. The molecule has 1 aromatic carbocycles. The molecule has 3 N–H and O–H groups in total. The second kappa shape index (κ2) is 6.52. The molecule has 1 aromatic heterocycles. The molecule has 6 nitrogen and oxygen atoms in total. The number of rotatable bonds is 5. The molecule has 24 heavy (non-hydrogen) atoms. The summed E-state index contributed by atoms with van der Waals surface area (Å²) in [6.45, 7) is -0.954. The average molecular weight is 344 g/mol. The molecule has 2 aromatic rings. The first-order valence-corrected chi connectivity index (χ1v) is 6.93. The third kappa shape index (κ3) is 3.67. The van der Waals surface area contributed by atoms with E-state index >= 15 is 0 Å². The maximum Gasteiger partial charge on any atom is 0.416 e. The van der Waals surface area contributed by atoms with Crippen molar-refractivity contribution in [3.8, 4) is 0 Å². The first-order chi connectivity index (χ1) is 11.1. The van der Waals surface area contributed by atoms with E-state index in [4.69, 9.17) is 10.2 Å². The standard InChI is InChI=1S/C15H15F3N2O4/c1-20(7-11(21)15(16,17)18)14(24)13-9(6-12(22)23)8-4-2-3-5-10(8)19-13/h2-5,11,19,21H,6-7H2,1H3,(H,22,23). The van der Waals surface area contributed by atoms with Gasteiger partial charge in [-0.05, 0) is 6.07 Å². The van der Waals surface area contributed by atoms with Crippen LogP contribution in [0.1, 0.15) is 16.1 Å². The van der Waals surface area contributed by atoms with E-state index in [1.54, 1.807) is 24.3 Å². The zero-order valence-corrected chi connectivity index (χ0v) is 12.6. The van der Waals surface area contributed by atoms with E-state index in [0.29, 0.717) is 15.8 Å². The van der Waals surface area contributed by atoms with Crippen LogP contribution in [0, 0.1) is 0 Å². The van der Waals surface area contributed by atoms with E-state index < -0.39 is 37.1 Å². The summed E-state index contributed by atoms with van der Waals surface area (Å²) >= 11 is 0. The van der Waals surface area contributed by atoms with Gasteiger partial charge >= 0.3 is 12.1 Å². The molecule has 0 aliphatic carbocycles. The number of aliphatic hydroxyl groups excluding tert-OH is 1. The predicted octanol–water partition coefficient (Wildman–Crippen LogP) is 1.79. The molecule has 1 atom stereocenters. The number of carbonyl (C=O) groups excluding carboxylic acids is 1. The van der Waals surface area contributed by atoms with E-state index in [1.165, 1.54) is 0 Å². The number of aromatic amines is 1. The van der Waals surface area contributed by atoms with Crippen molar-refractivity contribution in [1.29, 1.82) is 0 Å². The number of carbonyl (C=O) groups is 2. The van der Waals surface area contributed by atoms with Crippen LogP contribution < -0.4 is 0 Å². The van der Waals surface area contributed by atoms with Gasteiger partial charge in [0, 0.05) is 23.5 Å². The fourth-order valence-electron chi connectivity index (χ4n) is 2.35. The summed E-state index contributed by atoms with van der Waals surface area (Å²) in [4.78, 5) is 26.9. The van der Waals surface area contributed by atoms with Gasteiger partial charge in [0.1, 0.15) is 5.69 Å². The fourth-order valence-corrected chi connectivity index (χ4v) is 2.35. The number of nitrogens with zero attached hydrogens (tertiary/aromatic N) is 1. The Morgan fingerprint density at radius 2 is 1.92 bits per heavy atom. The maximum atomic E-state index is 12.4. The first kappa shape index (κ1) is 17.8. The smallest absolute Gasteiger partial charge is 0.416 e. The van der Waals surface area contributed by atoms with Gasteiger partial charge in [-0.25, -0.2) is 0 Å². The second-order valence-corrected chi connectivity index (χ2v) is 5.34. The average Bonchev–Trinajstić information content (AvgIpc) is 2.83. The number of alkyl halides is 3. The molecule has 0 radical (unpaired) electrons. The Bertz CT molecular complexity index is 770. The molecule has 0 saturated heterocycles. The van der Waals surface area contributed by atoms with Crippen molar-refractivity contribution in [2.75, 3.05) is 13.6 Å². The van der Waals surface area contributed by atoms with E-state index in [-0.39, 0.29) is 11.3 Å². The number of likely N-dealkylation sites (N-methyl/N-ethyl adjacent to an activating group) is 1. The number of aromatic nitrogens is 1. The third-order valence-corrected chi connectivity index (χ3v) is 3.53. The van der Waals surface area contributed by atoms with Gasteiger partial charge in [-0.15, -0.1) is 0 Å². The summed E-state index contributed by atoms with van der Waals surface area (Å²) in [6, 6.07) is 6.58. The van der Waals surface area contributed by atoms with Crippen molar-refractivity contribution in [2.45, 2.75) is 18.7 Å². The van der Waals surface area contributed by atoms with Gasteiger partial charge in [-0.1, -0.05) is 18.2 Å². The van der Waals surface area contributed by atoms with Crippen LogP contribution in [0.5, 0.6) is 0 Å². The third-order valence-electron chi connectivity index (χ3n) is 3.53. The lowest BCUT2D eigenvalue weighted by Gasteiger charge is -2.22. The van der Waals surface area contributed by atoms with Crippen LogP contribution in [0.15, 0.2) is 24.3 Å². The Morgan fingerprint density at radius 1 is 1.29 bits per heavy atom. The summed E-state index contributed by atoms with van der Waals surface area (Å²) < 4.78 is 37.3. The van der Waals surface area contributed by atoms with Crippen molar-refractivity contribution in [2.24, 2.45) is 0 Å². The zero-order chi connectivity index (χ0) is 18.1. The lowest BCUT2D eigenvalue weighted by Crippen LogP contribution is -2.42. The lowest BCUT2D eigenvalue weighted by molar-refractivity contribution is -0.205. The van der Waals surface area contributed by atoms with Gasteiger partial charge in [-0.2, -0.15) is 13.2 Å². The highest BCUT2D eigenvalue weighted by Crippen LogP contribution is 2.25. The fraction of sp³-hybridized carbons (Fsp3) is 0.333. The molecular formula is C15H15F3N2O4. The number of nitrogens with one attached hydrogen (secondary N) is 1. The second-order valence-electron chi connectivity index (χ2n) is 5.34. The molecule has 0 aliphatic heterocycles. The Hall–Kier alpha value is -2.55. The minimum Gasteiger partial charge on any atom is -0.481 e. The van der Waals surface area contributed by atoms with Crippen molar-refractivity contribution in [3.63, 3.8) is 0 Å². The summed E-state index contributed by atoms with van der Waals surface area (Å²) in [5.41, 5.74) is 0.591. The largest absolute Gasteiger partial charge is 0.481 e. The van der Waals surface area contributed by atoms with Crippen LogP contribution >= 0.6 is 0 Å². The van der Waals surface area contributed by atoms with Crippen molar-refractivity contribution in [1.82, 2.24) is 9.88 Å². The number of benzene rings is 1. The Kier molecular flexibility index (Phi) is 4.83. The number of H-pyrrole nitrogens is 1. The van der Waals surface area contributed by atoms with E-state index in [1.807, 2.05) is 0 Å². The molecule has 1 heterocycles. The highest BCUT2D eigenvalue weighted by atomic mass is 19.4. The summed E-state index contributed by atoms with van der Waals surface area (Å²) in [7, 11) is 1.10. The molecular weight excluding hydrogens is 329 g/mol.